The van der Waals surface area contributed by atoms with Gasteiger partial charge in [0.1, 0.15) is 5.75 Å². The van der Waals surface area contributed by atoms with Crippen LogP contribution in [0.25, 0.3) is 17.1 Å². The summed E-state index contributed by atoms with van der Waals surface area (Å²) in [7, 11) is 3.37. The van der Waals surface area contributed by atoms with Crippen LogP contribution < -0.4 is 15.7 Å². The Hall–Kier alpha value is -4.20. The van der Waals surface area contributed by atoms with Crippen molar-refractivity contribution in [1.29, 1.82) is 0 Å². The number of nitrogens with one attached hydrogen (secondary N) is 1. The molecule has 2 aromatic heterocycles. The Morgan fingerprint density at radius 3 is 2.65 bits per heavy atom. The number of pyridine rings is 1. The molecular formula is C23H19FN4O3. The van der Waals surface area contributed by atoms with E-state index >= 15 is 0 Å². The standard InChI is InChI=1S/C23H19FN4O3/c1-27-19-8-7-16(13-20(19)28(2)23(27)30)26-22(29)10-6-15-5-9-21(18(24)12-15)31-17-4-3-11-25-14-17/h3-14H,1-2H3,(H,26,29)/b10-6+. The number of benzene rings is 2. The molecule has 31 heavy (non-hydrogen) atoms. The molecule has 2 aromatic carbocycles. The van der Waals surface area contributed by atoms with E-state index in [0.717, 1.165) is 5.52 Å². The number of rotatable bonds is 5. The maximum Gasteiger partial charge on any atom is 0.328 e. The second-order valence-electron chi connectivity index (χ2n) is 6.91. The van der Waals surface area contributed by atoms with Crippen molar-refractivity contribution >= 4 is 28.7 Å². The van der Waals surface area contributed by atoms with Gasteiger partial charge in [-0.2, -0.15) is 0 Å². The lowest BCUT2D eigenvalue weighted by Crippen LogP contribution is -2.19. The van der Waals surface area contributed by atoms with Gasteiger partial charge in [0, 0.05) is 32.1 Å². The van der Waals surface area contributed by atoms with Gasteiger partial charge in [0.25, 0.3) is 0 Å². The van der Waals surface area contributed by atoms with E-state index in [1.165, 1.54) is 39.6 Å². The molecule has 0 aliphatic rings. The lowest BCUT2D eigenvalue weighted by atomic mass is 10.2. The molecule has 4 rings (SSSR count). The van der Waals surface area contributed by atoms with E-state index in [4.69, 9.17) is 4.74 Å². The summed E-state index contributed by atoms with van der Waals surface area (Å²) in [5, 5.41) is 2.74. The van der Waals surface area contributed by atoms with Crippen molar-refractivity contribution in [3.05, 3.63) is 88.9 Å². The summed E-state index contributed by atoms with van der Waals surface area (Å²) in [6.45, 7) is 0. The summed E-state index contributed by atoms with van der Waals surface area (Å²) in [6, 6.07) is 13.0. The van der Waals surface area contributed by atoms with Gasteiger partial charge >= 0.3 is 5.69 Å². The zero-order valence-corrected chi connectivity index (χ0v) is 16.9. The highest BCUT2D eigenvalue weighted by Crippen LogP contribution is 2.25. The number of carbonyl (C=O) groups is 1. The van der Waals surface area contributed by atoms with Gasteiger partial charge in [-0.25, -0.2) is 9.18 Å². The molecule has 0 radical (unpaired) electrons. The van der Waals surface area contributed by atoms with Crippen LogP contribution in [0.1, 0.15) is 5.56 Å². The SMILES string of the molecule is Cn1c(=O)n(C)c2cc(NC(=O)/C=C/c3ccc(Oc4cccnc4)c(F)c3)ccc21. The molecule has 1 amide bonds. The Morgan fingerprint density at radius 2 is 1.90 bits per heavy atom. The van der Waals surface area contributed by atoms with Gasteiger partial charge in [-0.15, -0.1) is 0 Å². The summed E-state index contributed by atoms with van der Waals surface area (Å²) in [5.41, 5.74) is 2.39. The number of nitrogens with zero attached hydrogens (tertiary/aromatic N) is 3. The monoisotopic (exact) mass is 418 g/mol. The number of ether oxygens (including phenoxy) is 1. The summed E-state index contributed by atoms with van der Waals surface area (Å²) in [4.78, 5) is 28.2. The predicted molar refractivity (Wildman–Crippen MR) is 117 cm³/mol. The molecule has 0 saturated heterocycles. The van der Waals surface area contributed by atoms with Crippen LogP contribution >= 0.6 is 0 Å². The van der Waals surface area contributed by atoms with E-state index in [1.54, 1.807) is 56.7 Å². The first-order chi connectivity index (χ1) is 14.9. The highest BCUT2D eigenvalue weighted by Gasteiger charge is 2.09. The Balaban J connectivity index is 1.45. The number of halogens is 1. The molecule has 4 aromatic rings. The van der Waals surface area contributed by atoms with Gasteiger partial charge in [-0.3, -0.25) is 18.9 Å². The van der Waals surface area contributed by atoms with Crippen LogP contribution in [0.5, 0.6) is 11.5 Å². The molecule has 0 bridgehead atoms. The average Bonchev–Trinajstić information content (AvgIpc) is 2.98. The van der Waals surface area contributed by atoms with Crippen molar-refractivity contribution in [2.45, 2.75) is 0 Å². The molecular weight excluding hydrogens is 399 g/mol. The van der Waals surface area contributed by atoms with E-state index < -0.39 is 5.82 Å². The van der Waals surface area contributed by atoms with Gasteiger partial charge in [0.15, 0.2) is 11.6 Å². The fraction of sp³-hybridized carbons (Fsp3) is 0.0870. The van der Waals surface area contributed by atoms with E-state index in [2.05, 4.69) is 10.3 Å². The fourth-order valence-electron chi connectivity index (χ4n) is 3.18. The van der Waals surface area contributed by atoms with Gasteiger partial charge in [-0.05, 0) is 54.1 Å². The molecule has 2 heterocycles. The topological polar surface area (TPSA) is 78.2 Å². The summed E-state index contributed by atoms with van der Waals surface area (Å²) in [5.74, 6) is -0.438. The third kappa shape index (κ3) is 4.23. The number of imidazole rings is 1. The van der Waals surface area contributed by atoms with E-state index in [-0.39, 0.29) is 17.3 Å². The number of amides is 1. The molecule has 0 aliphatic carbocycles. The summed E-state index contributed by atoms with van der Waals surface area (Å²) in [6.07, 6.45) is 5.90. The van der Waals surface area contributed by atoms with Crippen molar-refractivity contribution in [3.8, 4) is 11.5 Å². The maximum atomic E-state index is 14.3. The number of carbonyl (C=O) groups excluding carboxylic acids is 1. The normalized spacial score (nSPS) is 11.2. The smallest absolute Gasteiger partial charge is 0.328 e. The number of aryl methyl sites for hydroxylation is 2. The van der Waals surface area contributed by atoms with Crippen LogP contribution in [0.4, 0.5) is 10.1 Å². The van der Waals surface area contributed by atoms with Crippen molar-refractivity contribution in [2.24, 2.45) is 14.1 Å². The Bertz CT molecular complexity index is 1360. The minimum absolute atomic E-state index is 0.0661. The highest BCUT2D eigenvalue weighted by atomic mass is 19.1. The lowest BCUT2D eigenvalue weighted by molar-refractivity contribution is -0.111. The maximum absolute atomic E-state index is 14.3. The molecule has 0 fully saturated rings. The third-order valence-electron chi connectivity index (χ3n) is 4.78. The zero-order chi connectivity index (χ0) is 22.0. The number of fused-ring (bicyclic) bond motifs is 1. The molecule has 1 N–H and O–H groups in total. The van der Waals surface area contributed by atoms with Gasteiger partial charge in [0.05, 0.1) is 17.2 Å². The van der Waals surface area contributed by atoms with Crippen molar-refractivity contribution in [2.75, 3.05) is 5.32 Å². The Kier molecular flexibility index (Phi) is 5.36. The first-order valence-electron chi connectivity index (χ1n) is 9.44. The van der Waals surface area contributed by atoms with E-state index in [1.807, 2.05) is 0 Å². The minimum atomic E-state index is -0.554. The van der Waals surface area contributed by atoms with Crippen LogP contribution in [0, 0.1) is 5.82 Å². The second kappa shape index (κ2) is 8.27. The molecule has 0 atom stereocenters. The molecule has 0 saturated carbocycles. The molecule has 0 unspecified atom stereocenters. The molecule has 8 heteroatoms. The predicted octanol–water partition coefficient (Wildman–Crippen LogP) is 3.86. The Morgan fingerprint density at radius 1 is 1.10 bits per heavy atom. The van der Waals surface area contributed by atoms with Crippen LogP contribution in [0.2, 0.25) is 0 Å². The number of aromatic nitrogens is 3. The molecule has 0 spiro atoms. The Labute approximate surface area is 177 Å². The van der Waals surface area contributed by atoms with Crippen LogP contribution in [-0.2, 0) is 18.9 Å². The molecule has 7 nitrogen and oxygen atoms in total. The number of hydrogen-bond donors (Lipinski definition) is 1. The van der Waals surface area contributed by atoms with Crippen LogP contribution in [0.3, 0.4) is 0 Å². The second-order valence-corrected chi connectivity index (χ2v) is 6.91. The first-order valence-corrected chi connectivity index (χ1v) is 9.44. The van der Waals surface area contributed by atoms with Crippen LogP contribution in [-0.4, -0.2) is 20.0 Å². The third-order valence-corrected chi connectivity index (χ3v) is 4.78. The van der Waals surface area contributed by atoms with E-state index in [0.29, 0.717) is 22.5 Å². The van der Waals surface area contributed by atoms with Gasteiger partial charge in [0.2, 0.25) is 5.91 Å². The van der Waals surface area contributed by atoms with Crippen LogP contribution in [0.15, 0.2) is 71.8 Å². The number of hydrogen-bond acceptors (Lipinski definition) is 4. The zero-order valence-electron chi connectivity index (χ0n) is 16.9. The lowest BCUT2D eigenvalue weighted by Gasteiger charge is -2.06. The summed E-state index contributed by atoms with van der Waals surface area (Å²) < 4.78 is 22.8. The quantitative estimate of drug-likeness (QED) is 0.500. The molecule has 0 aliphatic heterocycles. The number of anilines is 1. The highest BCUT2D eigenvalue weighted by molar-refractivity contribution is 6.02. The van der Waals surface area contributed by atoms with Crippen molar-refractivity contribution in [3.63, 3.8) is 0 Å². The van der Waals surface area contributed by atoms with E-state index in [9.17, 15) is 14.0 Å². The van der Waals surface area contributed by atoms with Gasteiger partial charge in [-0.1, -0.05) is 6.07 Å². The minimum Gasteiger partial charge on any atom is -0.453 e. The van der Waals surface area contributed by atoms with Crippen molar-refractivity contribution in [1.82, 2.24) is 14.1 Å². The average molecular weight is 418 g/mol. The fourth-order valence-corrected chi connectivity index (χ4v) is 3.18. The van der Waals surface area contributed by atoms with Crippen molar-refractivity contribution < 1.29 is 13.9 Å². The van der Waals surface area contributed by atoms with Gasteiger partial charge < -0.3 is 10.1 Å². The molecule has 156 valence electrons. The largest absolute Gasteiger partial charge is 0.453 e. The first kappa shape index (κ1) is 20.1. The summed E-state index contributed by atoms with van der Waals surface area (Å²) >= 11 is 0.